The highest BCUT2D eigenvalue weighted by atomic mass is 16.5. The summed E-state index contributed by atoms with van der Waals surface area (Å²) in [5.41, 5.74) is 6.30. The second kappa shape index (κ2) is 7.23. The first kappa shape index (κ1) is 14.8. The molecule has 2 rings (SSSR count). The summed E-state index contributed by atoms with van der Waals surface area (Å²) >= 11 is 0. The van der Waals surface area contributed by atoms with Crippen LogP contribution < -0.4 is 15.8 Å². The Kier molecular flexibility index (Phi) is 5.34. The molecule has 1 amide bonds. The summed E-state index contributed by atoms with van der Waals surface area (Å²) in [7, 11) is 1.50. The summed E-state index contributed by atoms with van der Waals surface area (Å²) in [4.78, 5) is 11.9. The number of hydrogen-bond donors (Lipinski definition) is 2. The van der Waals surface area contributed by atoms with Crippen LogP contribution in [0.2, 0.25) is 0 Å². The Morgan fingerprint density at radius 1 is 1.55 bits per heavy atom. The molecule has 1 aliphatic heterocycles. The lowest BCUT2D eigenvalue weighted by atomic mass is 10.2. The number of amides is 1. The average molecular weight is 280 g/mol. The van der Waals surface area contributed by atoms with Crippen molar-refractivity contribution in [3.63, 3.8) is 0 Å². The average Bonchev–Trinajstić information content (AvgIpc) is 2.94. The van der Waals surface area contributed by atoms with Crippen molar-refractivity contribution in [3.8, 4) is 5.75 Å². The van der Waals surface area contributed by atoms with Crippen LogP contribution >= 0.6 is 0 Å². The Labute approximate surface area is 118 Å². The number of para-hydroxylation sites is 2. The molecule has 0 radical (unpaired) electrons. The van der Waals surface area contributed by atoms with Crippen molar-refractivity contribution in [2.24, 2.45) is 5.73 Å². The molecule has 2 atom stereocenters. The minimum absolute atomic E-state index is 0.0284. The van der Waals surface area contributed by atoms with Crippen LogP contribution in [0, 0.1) is 0 Å². The normalized spacial score (nSPS) is 19.6. The molecule has 0 bridgehead atoms. The lowest BCUT2D eigenvalue weighted by Gasteiger charge is -2.17. The fraction of sp³-hybridized carbons (Fsp3) is 0.500. The van der Waals surface area contributed by atoms with E-state index in [2.05, 4.69) is 5.32 Å². The Morgan fingerprint density at radius 3 is 3.05 bits per heavy atom. The van der Waals surface area contributed by atoms with Crippen molar-refractivity contribution in [2.75, 3.05) is 32.2 Å². The number of nitrogens with one attached hydrogen (secondary N) is 1. The topological polar surface area (TPSA) is 82.8 Å². The van der Waals surface area contributed by atoms with Crippen molar-refractivity contribution >= 4 is 11.6 Å². The molecule has 0 aromatic heterocycles. The number of carbonyl (C=O) groups is 1. The van der Waals surface area contributed by atoms with E-state index in [1.165, 1.54) is 7.11 Å². The molecule has 1 aromatic carbocycles. The van der Waals surface area contributed by atoms with E-state index in [-0.39, 0.29) is 18.6 Å². The smallest absolute Gasteiger partial charge is 0.243 e. The van der Waals surface area contributed by atoms with Crippen molar-refractivity contribution in [1.29, 1.82) is 0 Å². The molecule has 1 aromatic rings. The van der Waals surface area contributed by atoms with E-state index in [0.717, 1.165) is 6.42 Å². The Balaban J connectivity index is 2.01. The van der Waals surface area contributed by atoms with Gasteiger partial charge in [0.25, 0.3) is 0 Å². The highest BCUT2D eigenvalue weighted by molar-refractivity contribution is 5.96. The second-order valence-corrected chi connectivity index (χ2v) is 4.65. The molecule has 1 aliphatic rings. The number of hydrogen-bond acceptors (Lipinski definition) is 5. The SMILES string of the molecule is COCC(N)C(=O)Nc1ccccc1OC1CCOC1. The summed E-state index contributed by atoms with van der Waals surface area (Å²) in [5, 5.41) is 2.76. The predicted octanol–water partition coefficient (Wildman–Crippen LogP) is 0.766. The Hall–Kier alpha value is -1.63. The zero-order valence-corrected chi connectivity index (χ0v) is 11.5. The molecule has 2 unspecified atom stereocenters. The van der Waals surface area contributed by atoms with Gasteiger partial charge in [-0.3, -0.25) is 4.79 Å². The third-order valence-corrected chi connectivity index (χ3v) is 3.01. The number of benzene rings is 1. The van der Waals surface area contributed by atoms with Gasteiger partial charge in [0, 0.05) is 13.5 Å². The summed E-state index contributed by atoms with van der Waals surface area (Å²) in [6.07, 6.45) is 0.881. The Bertz CT molecular complexity index is 447. The minimum atomic E-state index is -0.706. The highest BCUT2D eigenvalue weighted by Gasteiger charge is 2.20. The maximum atomic E-state index is 11.9. The molecule has 1 saturated heterocycles. The Morgan fingerprint density at radius 2 is 2.35 bits per heavy atom. The molecule has 0 saturated carbocycles. The third-order valence-electron chi connectivity index (χ3n) is 3.01. The van der Waals surface area contributed by atoms with E-state index in [1.807, 2.05) is 18.2 Å². The van der Waals surface area contributed by atoms with E-state index in [0.29, 0.717) is 24.7 Å². The fourth-order valence-electron chi connectivity index (χ4n) is 1.94. The molecular weight excluding hydrogens is 260 g/mol. The molecule has 3 N–H and O–H groups in total. The molecule has 20 heavy (non-hydrogen) atoms. The zero-order chi connectivity index (χ0) is 14.4. The summed E-state index contributed by atoms with van der Waals surface area (Å²) in [6.45, 7) is 1.45. The number of nitrogens with two attached hydrogens (primary N) is 1. The zero-order valence-electron chi connectivity index (χ0n) is 11.5. The minimum Gasteiger partial charge on any atom is -0.486 e. The van der Waals surface area contributed by atoms with Gasteiger partial charge < -0.3 is 25.3 Å². The highest BCUT2D eigenvalue weighted by Crippen LogP contribution is 2.26. The van der Waals surface area contributed by atoms with Crippen molar-refractivity contribution in [3.05, 3.63) is 24.3 Å². The molecule has 6 heteroatoms. The van der Waals surface area contributed by atoms with E-state index < -0.39 is 6.04 Å². The van der Waals surface area contributed by atoms with Crippen LogP contribution in [-0.2, 0) is 14.3 Å². The van der Waals surface area contributed by atoms with Crippen LogP contribution in [0.4, 0.5) is 5.69 Å². The number of ether oxygens (including phenoxy) is 3. The van der Waals surface area contributed by atoms with Gasteiger partial charge >= 0.3 is 0 Å². The van der Waals surface area contributed by atoms with E-state index in [4.69, 9.17) is 19.9 Å². The van der Waals surface area contributed by atoms with Gasteiger partial charge in [-0.15, -0.1) is 0 Å². The summed E-state index contributed by atoms with van der Waals surface area (Å²) < 4.78 is 16.0. The fourth-order valence-corrected chi connectivity index (χ4v) is 1.94. The lowest BCUT2D eigenvalue weighted by Crippen LogP contribution is -2.39. The predicted molar refractivity (Wildman–Crippen MR) is 74.8 cm³/mol. The van der Waals surface area contributed by atoms with E-state index in [9.17, 15) is 4.79 Å². The first-order valence-corrected chi connectivity index (χ1v) is 6.59. The number of anilines is 1. The number of rotatable bonds is 6. The van der Waals surface area contributed by atoms with Gasteiger partial charge in [-0.05, 0) is 12.1 Å². The van der Waals surface area contributed by atoms with Crippen LogP contribution in [0.25, 0.3) is 0 Å². The standard InChI is InChI=1S/C14H20N2O4/c1-18-9-11(15)14(17)16-12-4-2-3-5-13(12)20-10-6-7-19-8-10/h2-5,10-11H,6-9,15H2,1H3,(H,16,17). The van der Waals surface area contributed by atoms with Gasteiger partial charge in [0.05, 0.1) is 25.5 Å². The van der Waals surface area contributed by atoms with Gasteiger partial charge in [0.15, 0.2) is 0 Å². The monoisotopic (exact) mass is 280 g/mol. The van der Waals surface area contributed by atoms with Crippen LogP contribution in [0.3, 0.4) is 0 Å². The van der Waals surface area contributed by atoms with Crippen LogP contribution in [0.15, 0.2) is 24.3 Å². The van der Waals surface area contributed by atoms with Gasteiger partial charge in [0.2, 0.25) is 5.91 Å². The third kappa shape index (κ3) is 3.93. The molecular formula is C14H20N2O4. The van der Waals surface area contributed by atoms with E-state index >= 15 is 0 Å². The number of carbonyl (C=O) groups excluding carboxylic acids is 1. The molecule has 1 fully saturated rings. The molecule has 1 heterocycles. The van der Waals surface area contributed by atoms with Gasteiger partial charge in [0.1, 0.15) is 17.9 Å². The van der Waals surface area contributed by atoms with Crippen molar-refractivity contribution in [2.45, 2.75) is 18.6 Å². The first-order valence-electron chi connectivity index (χ1n) is 6.59. The van der Waals surface area contributed by atoms with Gasteiger partial charge in [-0.1, -0.05) is 12.1 Å². The van der Waals surface area contributed by atoms with Crippen molar-refractivity contribution in [1.82, 2.24) is 0 Å². The quantitative estimate of drug-likeness (QED) is 0.804. The van der Waals surface area contributed by atoms with Gasteiger partial charge in [-0.25, -0.2) is 0 Å². The van der Waals surface area contributed by atoms with Crippen LogP contribution in [0.5, 0.6) is 5.75 Å². The van der Waals surface area contributed by atoms with Crippen LogP contribution in [-0.4, -0.2) is 45.0 Å². The second-order valence-electron chi connectivity index (χ2n) is 4.65. The molecule has 0 spiro atoms. The maximum Gasteiger partial charge on any atom is 0.243 e. The first-order chi connectivity index (χ1) is 9.70. The summed E-state index contributed by atoms with van der Waals surface area (Å²) in [5.74, 6) is 0.325. The van der Waals surface area contributed by atoms with Gasteiger partial charge in [-0.2, -0.15) is 0 Å². The summed E-state index contributed by atoms with van der Waals surface area (Å²) in [6, 6.07) is 6.58. The maximum absolute atomic E-state index is 11.9. The molecule has 6 nitrogen and oxygen atoms in total. The van der Waals surface area contributed by atoms with Crippen LogP contribution in [0.1, 0.15) is 6.42 Å². The van der Waals surface area contributed by atoms with E-state index in [1.54, 1.807) is 6.07 Å². The largest absolute Gasteiger partial charge is 0.486 e. The molecule has 110 valence electrons. The number of methoxy groups -OCH3 is 1. The molecule has 0 aliphatic carbocycles. The lowest BCUT2D eigenvalue weighted by molar-refractivity contribution is -0.118. The van der Waals surface area contributed by atoms with Crippen molar-refractivity contribution < 1.29 is 19.0 Å².